The number of hydrogen-bond acceptors (Lipinski definition) is 20. The molecular weight excluding hydrogens is 1700 g/mol. The van der Waals surface area contributed by atoms with Crippen LogP contribution in [0.3, 0.4) is 0 Å². The van der Waals surface area contributed by atoms with E-state index in [-0.39, 0.29) is 43.6 Å². The third kappa shape index (κ3) is 38.6. The Labute approximate surface area is 757 Å². The largest absolute Gasteiger partial charge is 0.508 e. The van der Waals surface area contributed by atoms with Crippen LogP contribution in [-0.2, 0) is 69.2 Å². The number of carbonyl (C=O) groups excluding carboxylic acids is 4. The highest BCUT2D eigenvalue weighted by molar-refractivity contribution is 6.91. The lowest BCUT2D eigenvalue weighted by Crippen LogP contribution is -2.52. The molecule has 704 valence electrons. The SMILES string of the molecule is CC1CCC[Si](C)(CCCOC(=O)OCCOCCOC(=O)OCCC[Si]2(C)CCCC(C)O2)O1.CC1CCC[Si](C)(CCCOC(=O)c2cccc(C(=O)CCC[Si]3(C)CCCC(C)O3)c2)O1.CC1CCC[Si](C)(CCCOc2ccc(C(C)(C)c3ccc(OCCC[Si]4(C)CCCC(C)O4)cc3)cc2)O1.CC1CCC[Si](C)(C[Si]2(C)CCCC(C)O2)O1. The minimum atomic E-state index is -1.67. The fourth-order valence-electron chi connectivity index (χ4n) is 20.5. The van der Waals surface area contributed by atoms with Crippen molar-refractivity contribution in [2.24, 2.45) is 0 Å². The first-order chi connectivity index (χ1) is 58.9. The summed E-state index contributed by atoms with van der Waals surface area (Å²) in [6.07, 6.45) is 27.8. The van der Waals surface area contributed by atoms with Gasteiger partial charge >= 0.3 is 18.3 Å². The van der Waals surface area contributed by atoms with Gasteiger partial charge in [-0.15, -0.1) is 0 Å². The van der Waals surface area contributed by atoms with Crippen LogP contribution in [0.4, 0.5) is 9.59 Å². The zero-order valence-electron chi connectivity index (χ0n) is 80.4. The van der Waals surface area contributed by atoms with Crippen molar-refractivity contribution >= 4 is 90.6 Å². The van der Waals surface area contributed by atoms with Crippen LogP contribution < -0.4 is 9.47 Å². The van der Waals surface area contributed by atoms with E-state index in [0.29, 0.717) is 86.2 Å². The van der Waals surface area contributed by atoms with Gasteiger partial charge in [-0.05, 0) is 335 Å². The number of ether oxygens (including phenoxy) is 8. The summed E-state index contributed by atoms with van der Waals surface area (Å²) in [6.45, 7) is 44.1. The molecule has 0 N–H and O–H groups in total. The molecule has 8 aliphatic heterocycles. The molecule has 0 radical (unpaired) electrons. The summed E-state index contributed by atoms with van der Waals surface area (Å²) < 4.78 is 93.5. The lowest BCUT2D eigenvalue weighted by molar-refractivity contribution is 0.00601. The van der Waals surface area contributed by atoms with Gasteiger partial charge in [0.1, 0.15) is 24.7 Å². The molecule has 0 aromatic heterocycles. The molecule has 124 heavy (non-hydrogen) atoms. The summed E-state index contributed by atoms with van der Waals surface area (Å²) in [5.74, 6) is 1.65. The second-order valence-electron chi connectivity index (χ2n) is 40.7. The van der Waals surface area contributed by atoms with Crippen LogP contribution in [0.25, 0.3) is 0 Å². The van der Waals surface area contributed by atoms with Crippen molar-refractivity contribution in [1.29, 1.82) is 0 Å². The van der Waals surface area contributed by atoms with Crippen molar-refractivity contribution in [3.05, 3.63) is 95.1 Å². The summed E-state index contributed by atoms with van der Waals surface area (Å²) >= 11 is 0. The van der Waals surface area contributed by atoms with Crippen LogP contribution >= 0.6 is 0 Å². The molecule has 8 fully saturated rings. The van der Waals surface area contributed by atoms with Crippen molar-refractivity contribution in [3.63, 3.8) is 0 Å². The number of benzene rings is 3. The molecule has 0 amide bonds. The van der Waals surface area contributed by atoms with Crippen molar-refractivity contribution in [2.45, 2.75) is 414 Å². The minimum absolute atomic E-state index is 0.0831. The van der Waals surface area contributed by atoms with E-state index in [9.17, 15) is 19.2 Å². The maximum absolute atomic E-state index is 12.7. The highest BCUT2D eigenvalue weighted by atomic mass is 28.4. The standard InChI is InChI=1S/C33H52O4Si2.C26H42O5Si2.C24H46O9Si2.C13H28O2Si2/c1-27-11-7-23-38(5,36-27)25-9-21-34-31-17-13-29(14-18-31)33(3,4)30-15-19-32(20-16-30)35-22-10-26-39(6)24-8-12-28(2)37-39;1-21-10-6-16-32(3,30-21)18-8-14-25(27)23-12-5-13-24(20-23)26(28)29-15-9-19-33(4)17-7-11-22(2)31-33;1-21-9-5-17-34(3,32-21)19-7-11-28-23(25)30-15-13-27-14-16-31-24(26)29-12-8-20-35(4)18-6-10-22(2)33-35;1-12-7-5-9-16(3,14-12)11-17(4)10-6-8-13(2)15-17/h13-20,27-28H,7-12,21-26H2,1-6H3;5,12-13,20-22H,6-11,14-19H2,1-4H3;21-22H,5-20H2,1-4H3;12-13H,5-11H2,1-4H3. The number of hydrogen-bond donors (Lipinski definition) is 0. The zero-order valence-corrected chi connectivity index (χ0v) is 88.4. The first kappa shape index (κ1) is 106. The number of esters is 1. The Kier molecular flexibility index (Phi) is 44.3. The van der Waals surface area contributed by atoms with Gasteiger partial charge in [-0.1, -0.05) is 102 Å². The molecule has 8 heterocycles. The molecule has 0 bridgehead atoms. The molecule has 3 aromatic carbocycles. The Bertz CT molecular complexity index is 3470. The van der Waals surface area contributed by atoms with Gasteiger partial charge in [0.15, 0.2) is 72.3 Å². The Morgan fingerprint density at radius 2 is 0.589 bits per heavy atom. The molecule has 0 saturated carbocycles. The predicted octanol–water partition coefficient (Wildman–Crippen LogP) is 25.6. The van der Waals surface area contributed by atoms with E-state index in [1.807, 2.05) is 0 Å². The number of ketones is 1. The fourth-order valence-corrected chi connectivity index (χ4v) is 53.8. The third-order valence-electron chi connectivity index (χ3n) is 27.2. The normalized spacial score (nSPS) is 31.4. The number of Topliss-reactive ketones (excluding diaryl/α,β-unsaturated/α-hetero) is 1. The van der Waals surface area contributed by atoms with Crippen LogP contribution in [0, 0.1) is 0 Å². The summed E-state index contributed by atoms with van der Waals surface area (Å²) in [6, 6.07) is 40.8. The van der Waals surface area contributed by atoms with E-state index in [1.54, 1.807) is 24.3 Å². The van der Waals surface area contributed by atoms with Gasteiger partial charge in [0.05, 0.1) is 51.8 Å². The molecule has 20 nitrogen and oxygen atoms in total. The Balaban J connectivity index is 0.000000211. The van der Waals surface area contributed by atoms with Crippen LogP contribution in [0.2, 0.25) is 143 Å². The monoisotopic (exact) mass is 1870 g/mol. The quantitative estimate of drug-likeness (QED) is 0.0171. The summed E-state index contributed by atoms with van der Waals surface area (Å²) in [4.78, 5) is 48.6. The van der Waals surface area contributed by atoms with E-state index < -0.39 is 78.8 Å². The first-order valence-corrected chi connectivity index (χ1v) is 71.3. The van der Waals surface area contributed by atoms with Gasteiger partial charge in [0.25, 0.3) is 0 Å². The van der Waals surface area contributed by atoms with Crippen molar-refractivity contribution in [3.8, 4) is 11.5 Å². The van der Waals surface area contributed by atoms with Crippen molar-refractivity contribution < 1.29 is 92.5 Å². The zero-order chi connectivity index (χ0) is 89.9. The molecule has 28 heteroatoms. The molecule has 8 aliphatic rings. The van der Waals surface area contributed by atoms with E-state index in [2.05, 4.69) is 170 Å². The van der Waals surface area contributed by atoms with Crippen molar-refractivity contribution in [1.82, 2.24) is 0 Å². The lowest BCUT2D eigenvalue weighted by Gasteiger charge is -2.43. The Morgan fingerprint density at radius 1 is 0.323 bits per heavy atom. The first-order valence-electron chi connectivity index (χ1n) is 48.7. The van der Waals surface area contributed by atoms with Crippen LogP contribution in [0.15, 0.2) is 72.8 Å². The molecule has 3 aromatic rings. The lowest BCUT2D eigenvalue weighted by atomic mass is 9.78. The second-order valence-corrected chi connectivity index (χ2v) is 74.2. The van der Waals surface area contributed by atoms with Gasteiger partial charge in [0, 0.05) is 66.2 Å². The smallest absolute Gasteiger partial charge is 0.494 e. The van der Waals surface area contributed by atoms with E-state index in [0.717, 1.165) is 113 Å². The van der Waals surface area contributed by atoms with Gasteiger partial charge in [-0.25, -0.2) is 14.4 Å². The second kappa shape index (κ2) is 51.9. The predicted molar refractivity (Wildman–Crippen MR) is 518 cm³/mol. The maximum Gasteiger partial charge on any atom is 0.508 e. The fraction of sp³-hybridized carbons (Fsp3) is 0.771. The Morgan fingerprint density at radius 3 is 0.903 bits per heavy atom. The molecule has 16 atom stereocenters. The topological polar surface area (TPSA) is 216 Å². The molecular formula is C96H168O20Si8. The number of carbonyl (C=O) groups is 4. The molecule has 16 unspecified atom stereocenters. The average Bonchev–Trinajstić information content (AvgIpc) is 0.810. The molecule has 0 aliphatic carbocycles. The molecule has 8 saturated heterocycles. The molecule has 11 rings (SSSR count). The summed E-state index contributed by atoms with van der Waals surface area (Å²) in [5.41, 5.74) is 4.85. The van der Waals surface area contributed by atoms with E-state index in [1.165, 1.54) is 154 Å². The number of rotatable bonds is 38. The van der Waals surface area contributed by atoms with E-state index >= 15 is 0 Å². The van der Waals surface area contributed by atoms with Gasteiger partial charge in [0.2, 0.25) is 0 Å². The average molecular weight is 1870 g/mol. The van der Waals surface area contributed by atoms with E-state index in [4.69, 9.17) is 73.3 Å². The maximum atomic E-state index is 12.7. The van der Waals surface area contributed by atoms with Gasteiger partial charge in [-0.3, -0.25) is 4.79 Å². The summed E-state index contributed by atoms with van der Waals surface area (Å²) in [5, 5.41) is 0. The minimum Gasteiger partial charge on any atom is -0.494 e. The third-order valence-corrected chi connectivity index (χ3v) is 60.7. The van der Waals surface area contributed by atoms with Crippen LogP contribution in [0.1, 0.15) is 249 Å². The van der Waals surface area contributed by atoms with Gasteiger partial charge in [-0.2, -0.15) is 0 Å². The highest BCUT2D eigenvalue weighted by Gasteiger charge is 2.46. The molecule has 0 spiro atoms. The Hall–Kier alpha value is -3.68. The summed E-state index contributed by atoms with van der Waals surface area (Å²) in [7, 11) is -12.6. The highest BCUT2D eigenvalue weighted by Crippen LogP contribution is 2.41. The van der Waals surface area contributed by atoms with Crippen LogP contribution in [-0.4, -0.2) is 199 Å². The van der Waals surface area contributed by atoms with Gasteiger partial charge < -0.3 is 73.3 Å². The van der Waals surface area contributed by atoms with Crippen molar-refractivity contribution in [2.75, 3.05) is 59.5 Å². The van der Waals surface area contributed by atoms with Crippen LogP contribution in [0.5, 0.6) is 11.5 Å².